The van der Waals surface area contributed by atoms with Gasteiger partial charge >= 0.3 is 0 Å². The first-order valence-electron chi connectivity index (χ1n) is 4.02. The van der Waals surface area contributed by atoms with Crippen molar-refractivity contribution in [2.45, 2.75) is 31.5 Å². The van der Waals surface area contributed by atoms with E-state index in [0.29, 0.717) is 29.8 Å². The summed E-state index contributed by atoms with van der Waals surface area (Å²) in [5, 5.41) is 0. The normalized spacial score (nSPS) is 56.6. The highest BCUT2D eigenvalue weighted by Crippen LogP contribution is 2.52. The van der Waals surface area contributed by atoms with Gasteiger partial charge < -0.3 is 4.74 Å². The molecule has 3 rings (SSSR count). The minimum absolute atomic E-state index is 0.469. The number of carbonyl (C=O) groups excluding carboxylic acids is 1. The second-order valence-electron chi connectivity index (χ2n) is 3.77. The summed E-state index contributed by atoms with van der Waals surface area (Å²) in [6.45, 7) is 0. The minimum atomic E-state index is 0.469. The molecule has 0 unspecified atom stereocenters. The molecule has 2 bridgehead atoms. The third-order valence-electron chi connectivity index (χ3n) is 3.08. The van der Waals surface area contributed by atoms with Gasteiger partial charge in [0.25, 0.3) is 0 Å². The average Bonchev–Trinajstić information content (AvgIpc) is 2.59. The number of fused-ring (bicyclic) bond motifs is 5. The van der Waals surface area contributed by atoms with Crippen LogP contribution in [0.3, 0.4) is 0 Å². The number of hydrogen-bond donors (Lipinski definition) is 0. The molecule has 2 aliphatic carbocycles. The minimum Gasteiger partial charge on any atom is -0.369 e. The molecule has 1 heterocycles. The van der Waals surface area contributed by atoms with Crippen LogP contribution in [0.25, 0.3) is 0 Å². The van der Waals surface area contributed by atoms with Crippen molar-refractivity contribution >= 4 is 5.78 Å². The van der Waals surface area contributed by atoms with Gasteiger partial charge in [-0.15, -0.1) is 0 Å². The zero-order valence-electron chi connectivity index (χ0n) is 5.75. The first-order chi connectivity index (χ1) is 4.84. The number of rotatable bonds is 0. The van der Waals surface area contributed by atoms with Crippen molar-refractivity contribution in [2.75, 3.05) is 0 Å². The highest BCUT2D eigenvalue weighted by atomic mass is 16.6. The van der Waals surface area contributed by atoms with Gasteiger partial charge in [-0.1, -0.05) is 0 Å². The van der Waals surface area contributed by atoms with Gasteiger partial charge in [0.15, 0.2) is 0 Å². The molecule has 0 radical (unpaired) electrons. The van der Waals surface area contributed by atoms with Gasteiger partial charge in [-0.3, -0.25) is 4.79 Å². The smallest absolute Gasteiger partial charge is 0.133 e. The molecule has 2 nitrogen and oxygen atoms in total. The van der Waals surface area contributed by atoms with Crippen LogP contribution in [0.1, 0.15) is 19.3 Å². The molecule has 1 aliphatic heterocycles. The molecular formula is C8H10O2. The first-order valence-corrected chi connectivity index (χ1v) is 4.02. The Balaban J connectivity index is 1.93. The molecule has 54 valence electrons. The fraction of sp³-hybridized carbons (Fsp3) is 0.875. The van der Waals surface area contributed by atoms with E-state index in [9.17, 15) is 4.79 Å². The Morgan fingerprint density at radius 1 is 1.20 bits per heavy atom. The zero-order chi connectivity index (χ0) is 6.72. The number of ketones is 1. The third kappa shape index (κ3) is 0.511. The summed E-state index contributed by atoms with van der Waals surface area (Å²) in [5.41, 5.74) is 0. The fourth-order valence-corrected chi connectivity index (χ4v) is 2.62. The Hall–Kier alpha value is -0.370. The van der Waals surface area contributed by atoms with E-state index in [2.05, 4.69) is 0 Å². The Kier molecular flexibility index (Phi) is 0.768. The monoisotopic (exact) mass is 138 g/mol. The zero-order valence-corrected chi connectivity index (χ0v) is 5.75. The van der Waals surface area contributed by atoms with E-state index in [4.69, 9.17) is 4.74 Å². The maximum Gasteiger partial charge on any atom is 0.133 e. The molecule has 0 amide bonds. The molecule has 3 aliphatic rings. The van der Waals surface area contributed by atoms with Crippen molar-refractivity contribution in [1.29, 1.82) is 0 Å². The van der Waals surface area contributed by atoms with E-state index in [0.717, 1.165) is 12.8 Å². The van der Waals surface area contributed by atoms with Crippen LogP contribution >= 0.6 is 0 Å². The number of carbonyl (C=O) groups is 1. The summed E-state index contributed by atoms with van der Waals surface area (Å²) in [6.07, 6.45) is 3.86. The highest BCUT2D eigenvalue weighted by Gasteiger charge is 2.58. The van der Waals surface area contributed by atoms with Crippen LogP contribution < -0.4 is 0 Å². The standard InChI is InChI=1S/C8H10O2/c9-6-2-4-1-5(3-6)8-7(4)10-8/h4-5,7-8H,1-3H2/t4-,5+,7-,8+. The fourth-order valence-electron chi connectivity index (χ4n) is 2.62. The van der Waals surface area contributed by atoms with E-state index >= 15 is 0 Å². The largest absolute Gasteiger partial charge is 0.369 e. The van der Waals surface area contributed by atoms with Crippen molar-refractivity contribution in [3.8, 4) is 0 Å². The van der Waals surface area contributed by atoms with Crippen LogP contribution in [-0.4, -0.2) is 18.0 Å². The molecule has 2 heteroatoms. The molecule has 0 aromatic heterocycles. The molecule has 0 N–H and O–H groups in total. The van der Waals surface area contributed by atoms with Crippen LogP contribution in [0.4, 0.5) is 0 Å². The van der Waals surface area contributed by atoms with E-state index in [1.165, 1.54) is 6.42 Å². The first kappa shape index (κ1) is 5.30. The van der Waals surface area contributed by atoms with Gasteiger partial charge in [0.05, 0.1) is 12.2 Å². The Morgan fingerprint density at radius 3 is 2.40 bits per heavy atom. The van der Waals surface area contributed by atoms with Crippen LogP contribution in [0.15, 0.2) is 0 Å². The molecule has 3 fully saturated rings. The van der Waals surface area contributed by atoms with E-state index in [1.807, 2.05) is 0 Å². The molecule has 0 aromatic carbocycles. The molecule has 1 saturated heterocycles. The molecule has 10 heavy (non-hydrogen) atoms. The van der Waals surface area contributed by atoms with Gasteiger partial charge in [-0.05, 0) is 18.3 Å². The number of hydrogen-bond acceptors (Lipinski definition) is 2. The van der Waals surface area contributed by atoms with Crippen molar-refractivity contribution in [2.24, 2.45) is 11.8 Å². The predicted molar refractivity (Wildman–Crippen MR) is 34.5 cm³/mol. The highest BCUT2D eigenvalue weighted by molar-refractivity contribution is 5.80. The van der Waals surface area contributed by atoms with Crippen molar-refractivity contribution in [1.82, 2.24) is 0 Å². The van der Waals surface area contributed by atoms with E-state index in [1.54, 1.807) is 0 Å². The second-order valence-corrected chi connectivity index (χ2v) is 3.77. The lowest BCUT2D eigenvalue weighted by molar-refractivity contribution is -0.123. The third-order valence-corrected chi connectivity index (χ3v) is 3.08. The average molecular weight is 138 g/mol. The summed E-state index contributed by atoms with van der Waals surface area (Å²) >= 11 is 0. The van der Waals surface area contributed by atoms with Crippen LogP contribution in [0.2, 0.25) is 0 Å². The van der Waals surface area contributed by atoms with Gasteiger partial charge in [0, 0.05) is 12.8 Å². The van der Waals surface area contributed by atoms with Crippen LogP contribution in [0, 0.1) is 11.8 Å². The molecular weight excluding hydrogens is 128 g/mol. The number of ether oxygens (including phenoxy) is 1. The Morgan fingerprint density at radius 2 is 1.80 bits per heavy atom. The Bertz CT molecular complexity index is 181. The number of Topliss-reactive ketones (excluding diaryl/α,β-unsaturated/α-hetero) is 1. The second kappa shape index (κ2) is 1.45. The summed E-state index contributed by atoms with van der Waals surface area (Å²) in [5.74, 6) is 1.68. The lowest BCUT2D eigenvalue weighted by atomic mass is 9.87. The number of epoxide rings is 1. The van der Waals surface area contributed by atoms with Crippen molar-refractivity contribution < 1.29 is 9.53 Å². The predicted octanol–water partition coefficient (Wildman–Crippen LogP) is 0.753. The molecule has 4 atom stereocenters. The maximum absolute atomic E-state index is 11.0. The van der Waals surface area contributed by atoms with Gasteiger partial charge in [0.2, 0.25) is 0 Å². The van der Waals surface area contributed by atoms with Crippen molar-refractivity contribution in [3.63, 3.8) is 0 Å². The molecule has 0 spiro atoms. The summed E-state index contributed by atoms with van der Waals surface area (Å²) in [6, 6.07) is 0. The maximum atomic E-state index is 11.0. The van der Waals surface area contributed by atoms with E-state index in [-0.39, 0.29) is 0 Å². The van der Waals surface area contributed by atoms with Gasteiger partial charge in [-0.2, -0.15) is 0 Å². The topological polar surface area (TPSA) is 29.6 Å². The summed E-state index contributed by atoms with van der Waals surface area (Å²) in [7, 11) is 0. The SMILES string of the molecule is O=C1C[C@H]2C[C@@H](C1)[C@@H]1O[C@H]21. The van der Waals surface area contributed by atoms with Crippen LogP contribution in [0.5, 0.6) is 0 Å². The van der Waals surface area contributed by atoms with Gasteiger partial charge in [-0.25, -0.2) is 0 Å². The van der Waals surface area contributed by atoms with Crippen molar-refractivity contribution in [3.05, 3.63) is 0 Å². The van der Waals surface area contributed by atoms with E-state index < -0.39 is 0 Å². The quantitative estimate of drug-likeness (QED) is 0.462. The summed E-state index contributed by atoms with van der Waals surface area (Å²) in [4.78, 5) is 11.0. The Labute approximate surface area is 59.6 Å². The molecule has 2 saturated carbocycles. The van der Waals surface area contributed by atoms with Gasteiger partial charge in [0.1, 0.15) is 5.78 Å². The lowest BCUT2D eigenvalue weighted by Crippen LogP contribution is -2.20. The lowest BCUT2D eigenvalue weighted by Gasteiger charge is -2.20. The summed E-state index contributed by atoms with van der Waals surface area (Å²) < 4.78 is 5.42. The van der Waals surface area contributed by atoms with Crippen LogP contribution in [-0.2, 0) is 9.53 Å². The molecule has 0 aromatic rings.